The van der Waals surface area contributed by atoms with Crippen LogP contribution in [0, 0.1) is 13.8 Å². The van der Waals surface area contributed by atoms with Crippen molar-refractivity contribution >= 4 is 29.9 Å². The summed E-state index contributed by atoms with van der Waals surface area (Å²) in [6, 6.07) is 6.36. The molecule has 0 saturated heterocycles. The molecule has 1 saturated carbocycles. The van der Waals surface area contributed by atoms with Gasteiger partial charge in [0.15, 0.2) is 17.5 Å². The van der Waals surface area contributed by atoms with Gasteiger partial charge in [0.2, 0.25) is 0 Å². The molecule has 7 nitrogen and oxygen atoms in total. The maximum atomic E-state index is 6.14. The Morgan fingerprint density at radius 2 is 1.97 bits per heavy atom. The Balaban J connectivity index is 0.00000363. The van der Waals surface area contributed by atoms with Gasteiger partial charge < -0.3 is 20.1 Å². The molecule has 3 rings (SSSR count). The molecule has 1 aliphatic rings. The molecule has 1 aromatic heterocycles. The molecule has 1 aromatic carbocycles. The summed E-state index contributed by atoms with van der Waals surface area (Å²) in [7, 11) is 5.48. The van der Waals surface area contributed by atoms with Crippen molar-refractivity contribution in [3.05, 3.63) is 40.7 Å². The third kappa shape index (κ3) is 6.76. The molecule has 8 heteroatoms. The Bertz CT molecular complexity index is 906. The molecule has 0 amide bonds. The molecule has 2 aromatic rings. The minimum absolute atomic E-state index is 0. The van der Waals surface area contributed by atoms with E-state index in [1.54, 1.807) is 14.2 Å². The molecule has 0 aliphatic heterocycles. The minimum Gasteiger partial charge on any atom is -0.493 e. The van der Waals surface area contributed by atoms with Gasteiger partial charge in [-0.3, -0.25) is 9.67 Å². The summed E-state index contributed by atoms with van der Waals surface area (Å²) in [5.41, 5.74) is 4.70. The van der Waals surface area contributed by atoms with Gasteiger partial charge in [0.05, 0.1) is 18.9 Å². The lowest BCUT2D eigenvalue weighted by Gasteiger charge is -2.19. The van der Waals surface area contributed by atoms with Gasteiger partial charge in [-0.2, -0.15) is 5.10 Å². The van der Waals surface area contributed by atoms with E-state index >= 15 is 0 Å². The van der Waals surface area contributed by atoms with Gasteiger partial charge in [-0.1, -0.05) is 6.07 Å². The lowest BCUT2D eigenvalue weighted by molar-refractivity contribution is 0.200. The third-order valence-corrected chi connectivity index (χ3v) is 6.06. The van der Waals surface area contributed by atoms with Crippen LogP contribution in [0.25, 0.3) is 0 Å². The average molecular weight is 556 g/mol. The Morgan fingerprint density at radius 1 is 1.25 bits per heavy atom. The number of hydrogen-bond acceptors (Lipinski definition) is 4. The van der Waals surface area contributed by atoms with Crippen molar-refractivity contribution in [1.29, 1.82) is 0 Å². The molecule has 0 bridgehead atoms. The van der Waals surface area contributed by atoms with Crippen LogP contribution < -0.4 is 20.1 Å². The molecule has 2 N–H and O–H groups in total. The highest BCUT2D eigenvalue weighted by Crippen LogP contribution is 2.32. The molecule has 1 unspecified atom stereocenters. The van der Waals surface area contributed by atoms with Crippen molar-refractivity contribution < 1.29 is 9.47 Å². The van der Waals surface area contributed by atoms with Crippen LogP contribution >= 0.6 is 24.0 Å². The van der Waals surface area contributed by atoms with Crippen molar-refractivity contribution in [2.24, 2.45) is 12.0 Å². The van der Waals surface area contributed by atoms with Gasteiger partial charge in [0.1, 0.15) is 0 Å². The lowest BCUT2D eigenvalue weighted by atomic mass is 10.1. The minimum atomic E-state index is 0. The fraction of sp³-hybridized carbons (Fsp3) is 0.583. The van der Waals surface area contributed by atoms with Crippen molar-refractivity contribution in [3.63, 3.8) is 0 Å². The standard InChI is InChI=1S/C24H37N5O2.HI/c1-16(13-21-17(2)28-29(5)18(21)3)27-24(25-4)26-15-19-11-12-22(23(14-19)30-6)31-20-9-7-8-10-20;/h11-12,14,16,20H,7-10,13,15H2,1-6H3,(H2,25,26,27);1H. The zero-order valence-electron chi connectivity index (χ0n) is 20.2. The molecular weight excluding hydrogens is 517 g/mol. The molecule has 0 spiro atoms. The number of methoxy groups -OCH3 is 1. The molecule has 1 fully saturated rings. The fourth-order valence-electron chi connectivity index (χ4n) is 4.19. The molecule has 178 valence electrons. The molecule has 0 radical (unpaired) electrons. The normalized spacial score (nSPS) is 15.2. The van der Waals surface area contributed by atoms with Crippen molar-refractivity contribution in [2.75, 3.05) is 14.2 Å². The summed E-state index contributed by atoms with van der Waals surface area (Å²) in [6.45, 7) is 6.99. The van der Waals surface area contributed by atoms with Crippen LogP contribution in [0.1, 0.15) is 55.1 Å². The summed E-state index contributed by atoms with van der Waals surface area (Å²) >= 11 is 0. The summed E-state index contributed by atoms with van der Waals surface area (Å²) in [5.74, 6) is 2.39. The summed E-state index contributed by atoms with van der Waals surface area (Å²) < 4.78 is 13.7. The first kappa shape index (κ1) is 26.3. The second-order valence-electron chi connectivity index (χ2n) is 8.46. The zero-order valence-corrected chi connectivity index (χ0v) is 22.5. The van der Waals surface area contributed by atoms with Gasteiger partial charge in [0.25, 0.3) is 0 Å². The maximum Gasteiger partial charge on any atom is 0.191 e. The average Bonchev–Trinajstić information content (AvgIpc) is 3.35. The Morgan fingerprint density at radius 3 is 2.56 bits per heavy atom. The predicted octanol–water partition coefficient (Wildman–Crippen LogP) is 4.28. The predicted molar refractivity (Wildman–Crippen MR) is 140 cm³/mol. The number of ether oxygens (including phenoxy) is 2. The van der Waals surface area contributed by atoms with E-state index in [4.69, 9.17) is 9.47 Å². The van der Waals surface area contributed by atoms with Gasteiger partial charge in [-0.05, 0) is 76.1 Å². The van der Waals surface area contributed by atoms with Crippen LogP contribution in [0.5, 0.6) is 11.5 Å². The van der Waals surface area contributed by atoms with E-state index in [0.717, 1.165) is 48.0 Å². The number of guanidine groups is 1. The number of rotatable bonds is 8. The first-order valence-corrected chi connectivity index (χ1v) is 11.2. The summed E-state index contributed by atoms with van der Waals surface area (Å²) in [5, 5.41) is 11.4. The number of aryl methyl sites for hydroxylation is 2. The van der Waals surface area contributed by atoms with Gasteiger partial charge in [-0.25, -0.2) is 0 Å². The van der Waals surface area contributed by atoms with Gasteiger partial charge >= 0.3 is 0 Å². The van der Waals surface area contributed by atoms with E-state index < -0.39 is 0 Å². The Hall–Kier alpha value is -1.97. The van der Waals surface area contributed by atoms with Crippen LogP contribution in [0.3, 0.4) is 0 Å². The van der Waals surface area contributed by atoms with Crippen LogP contribution in [0.15, 0.2) is 23.2 Å². The smallest absolute Gasteiger partial charge is 0.191 e. The molecule has 1 heterocycles. The Kier molecular flexibility index (Phi) is 10.1. The topological polar surface area (TPSA) is 72.7 Å². The third-order valence-electron chi connectivity index (χ3n) is 6.06. The first-order valence-electron chi connectivity index (χ1n) is 11.2. The first-order chi connectivity index (χ1) is 14.9. The summed E-state index contributed by atoms with van der Waals surface area (Å²) in [4.78, 5) is 4.38. The second-order valence-corrected chi connectivity index (χ2v) is 8.46. The fourth-order valence-corrected chi connectivity index (χ4v) is 4.19. The number of benzene rings is 1. The summed E-state index contributed by atoms with van der Waals surface area (Å²) in [6.07, 6.45) is 5.97. The number of hydrogen-bond donors (Lipinski definition) is 2. The number of aliphatic imine (C=N–C) groups is 1. The monoisotopic (exact) mass is 555 g/mol. The SMILES string of the molecule is CN=C(NCc1ccc(OC2CCCC2)c(OC)c1)NC(C)Cc1c(C)nn(C)c1C.I. The van der Waals surface area contributed by atoms with E-state index in [1.165, 1.54) is 24.1 Å². The largest absolute Gasteiger partial charge is 0.493 e. The molecule has 1 aliphatic carbocycles. The zero-order chi connectivity index (χ0) is 22.4. The second kappa shape index (κ2) is 12.3. The van der Waals surface area contributed by atoms with Crippen LogP contribution in [0.4, 0.5) is 0 Å². The molecular formula is C24H38IN5O2. The highest BCUT2D eigenvalue weighted by atomic mass is 127. The Labute approximate surface area is 209 Å². The highest BCUT2D eigenvalue weighted by molar-refractivity contribution is 14.0. The highest BCUT2D eigenvalue weighted by Gasteiger charge is 2.19. The van der Waals surface area contributed by atoms with Crippen LogP contribution in [-0.2, 0) is 20.0 Å². The molecule has 32 heavy (non-hydrogen) atoms. The van der Waals surface area contributed by atoms with Gasteiger partial charge in [-0.15, -0.1) is 24.0 Å². The number of nitrogens with one attached hydrogen (secondary N) is 2. The van der Waals surface area contributed by atoms with Crippen molar-refractivity contribution in [3.8, 4) is 11.5 Å². The number of nitrogens with zero attached hydrogens (tertiary/aromatic N) is 3. The van der Waals surface area contributed by atoms with E-state index in [9.17, 15) is 0 Å². The lowest BCUT2D eigenvalue weighted by Crippen LogP contribution is -2.42. The molecule has 1 atom stereocenters. The van der Waals surface area contributed by atoms with Crippen LogP contribution in [-0.4, -0.2) is 42.0 Å². The van der Waals surface area contributed by atoms with Crippen molar-refractivity contribution in [1.82, 2.24) is 20.4 Å². The maximum absolute atomic E-state index is 6.14. The van der Waals surface area contributed by atoms with E-state index in [2.05, 4.69) is 47.6 Å². The van der Waals surface area contributed by atoms with E-state index in [0.29, 0.717) is 12.6 Å². The van der Waals surface area contributed by atoms with Crippen molar-refractivity contribution in [2.45, 2.75) is 71.6 Å². The van der Waals surface area contributed by atoms with Gasteiger partial charge in [0, 0.05) is 32.4 Å². The van der Waals surface area contributed by atoms with E-state index in [1.807, 2.05) is 23.9 Å². The quantitative estimate of drug-likeness (QED) is 0.289. The van der Waals surface area contributed by atoms with E-state index in [-0.39, 0.29) is 30.0 Å². The number of halogens is 1. The van der Waals surface area contributed by atoms with Crippen LogP contribution in [0.2, 0.25) is 0 Å². The number of aromatic nitrogens is 2.